The van der Waals surface area contributed by atoms with E-state index in [0.29, 0.717) is 11.5 Å². The van der Waals surface area contributed by atoms with Crippen molar-refractivity contribution in [2.45, 2.75) is 65.5 Å². The molecule has 3 rings (SSSR count). The van der Waals surface area contributed by atoms with Gasteiger partial charge in [0, 0.05) is 17.0 Å². The highest BCUT2D eigenvalue weighted by atomic mass is 16.3. The first-order valence-corrected chi connectivity index (χ1v) is 8.26. The molecule has 1 aromatic heterocycles. The van der Waals surface area contributed by atoms with Crippen molar-refractivity contribution in [2.75, 3.05) is 0 Å². The minimum atomic E-state index is 0.284. The van der Waals surface area contributed by atoms with Crippen LogP contribution in [-0.4, -0.2) is 6.04 Å². The lowest BCUT2D eigenvalue weighted by Crippen LogP contribution is -2.30. The first-order chi connectivity index (χ1) is 10.00. The number of aryl methyl sites for hydroxylation is 1. The standard InChI is InChI=1S/C19H27NO/c1-5-15-16-8-6-7-9-17(16)21-18(15)13(2)20-14-10-11-19(3,4)12-14/h6-9,13-14,20H,5,10-12H2,1-4H3. The van der Waals surface area contributed by atoms with Gasteiger partial charge in [-0.3, -0.25) is 0 Å². The van der Waals surface area contributed by atoms with E-state index in [1.54, 1.807) is 0 Å². The number of nitrogens with one attached hydrogen (secondary N) is 1. The summed E-state index contributed by atoms with van der Waals surface area (Å²) in [6.07, 6.45) is 4.88. The van der Waals surface area contributed by atoms with E-state index in [4.69, 9.17) is 4.42 Å². The van der Waals surface area contributed by atoms with Crippen LogP contribution in [0.5, 0.6) is 0 Å². The normalized spacial score (nSPS) is 22.8. The van der Waals surface area contributed by atoms with Gasteiger partial charge in [-0.2, -0.15) is 0 Å². The topological polar surface area (TPSA) is 25.2 Å². The van der Waals surface area contributed by atoms with Gasteiger partial charge in [0.05, 0.1) is 6.04 Å². The number of hydrogen-bond acceptors (Lipinski definition) is 2. The van der Waals surface area contributed by atoms with Crippen molar-refractivity contribution in [3.8, 4) is 0 Å². The first kappa shape index (κ1) is 14.6. The molecule has 0 spiro atoms. The van der Waals surface area contributed by atoms with E-state index in [1.165, 1.54) is 30.2 Å². The zero-order valence-corrected chi connectivity index (χ0v) is 13.7. The van der Waals surface area contributed by atoms with Gasteiger partial charge in [-0.15, -0.1) is 0 Å². The monoisotopic (exact) mass is 285 g/mol. The summed E-state index contributed by atoms with van der Waals surface area (Å²) in [7, 11) is 0. The van der Waals surface area contributed by atoms with Crippen LogP contribution in [0.4, 0.5) is 0 Å². The zero-order chi connectivity index (χ0) is 15.0. The van der Waals surface area contributed by atoms with Crippen LogP contribution >= 0.6 is 0 Å². The van der Waals surface area contributed by atoms with Crippen molar-refractivity contribution in [3.63, 3.8) is 0 Å². The lowest BCUT2D eigenvalue weighted by atomic mass is 9.91. The lowest BCUT2D eigenvalue weighted by Gasteiger charge is -2.21. The molecule has 1 aliphatic rings. The number of fused-ring (bicyclic) bond motifs is 1. The quantitative estimate of drug-likeness (QED) is 0.832. The second kappa shape index (κ2) is 5.49. The van der Waals surface area contributed by atoms with Crippen LogP contribution in [0.1, 0.15) is 64.3 Å². The Kier molecular flexibility index (Phi) is 3.83. The lowest BCUT2D eigenvalue weighted by molar-refractivity contribution is 0.345. The van der Waals surface area contributed by atoms with Crippen molar-refractivity contribution in [3.05, 3.63) is 35.6 Å². The van der Waals surface area contributed by atoms with Crippen LogP contribution in [0.3, 0.4) is 0 Å². The summed E-state index contributed by atoms with van der Waals surface area (Å²) >= 11 is 0. The molecule has 1 aliphatic carbocycles. The van der Waals surface area contributed by atoms with E-state index in [-0.39, 0.29) is 6.04 Å². The van der Waals surface area contributed by atoms with E-state index >= 15 is 0 Å². The molecular weight excluding hydrogens is 258 g/mol. The molecule has 114 valence electrons. The largest absolute Gasteiger partial charge is 0.459 e. The Morgan fingerprint density at radius 3 is 2.76 bits per heavy atom. The summed E-state index contributed by atoms with van der Waals surface area (Å²) < 4.78 is 6.15. The Morgan fingerprint density at radius 1 is 1.33 bits per heavy atom. The van der Waals surface area contributed by atoms with Gasteiger partial charge >= 0.3 is 0 Å². The smallest absolute Gasteiger partial charge is 0.134 e. The summed E-state index contributed by atoms with van der Waals surface area (Å²) in [5, 5.41) is 5.07. The van der Waals surface area contributed by atoms with Crippen molar-refractivity contribution in [1.82, 2.24) is 5.32 Å². The molecule has 1 fully saturated rings. The molecule has 0 saturated heterocycles. The van der Waals surface area contributed by atoms with Crippen LogP contribution in [0.15, 0.2) is 28.7 Å². The Labute approximate surface area is 127 Å². The molecule has 2 heteroatoms. The summed E-state index contributed by atoms with van der Waals surface area (Å²) in [5.74, 6) is 1.13. The molecule has 1 saturated carbocycles. The minimum absolute atomic E-state index is 0.284. The van der Waals surface area contributed by atoms with Crippen LogP contribution in [0.25, 0.3) is 11.0 Å². The maximum atomic E-state index is 6.15. The van der Waals surface area contributed by atoms with Gasteiger partial charge in [0.15, 0.2) is 0 Å². The third-order valence-electron chi connectivity index (χ3n) is 4.93. The van der Waals surface area contributed by atoms with Crippen LogP contribution in [0.2, 0.25) is 0 Å². The van der Waals surface area contributed by atoms with Gasteiger partial charge in [-0.1, -0.05) is 39.0 Å². The van der Waals surface area contributed by atoms with E-state index in [0.717, 1.165) is 17.8 Å². The average molecular weight is 285 g/mol. The van der Waals surface area contributed by atoms with Crippen LogP contribution in [-0.2, 0) is 6.42 Å². The van der Waals surface area contributed by atoms with E-state index in [1.807, 2.05) is 6.07 Å². The van der Waals surface area contributed by atoms with Gasteiger partial charge < -0.3 is 9.73 Å². The number of para-hydroxylation sites is 1. The second-order valence-electron chi connectivity index (χ2n) is 7.29. The molecule has 2 atom stereocenters. The summed E-state index contributed by atoms with van der Waals surface area (Å²) in [6, 6.07) is 9.29. The molecule has 2 aromatic rings. The molecule has 0 radical (unpaired) electrons. The number of furan rings is 1. The molecule has 0 aliphatic heterocycles. The van der Waals surface area contributed by atoms with Crippen molar-refractivity contribution >= 4 is 11.0 Å². The van der Waals surface area contributed by atoms with Crippen molar-refractivity contribution < 1.29 is 4.42 Å². The van der Waals surface area contributed by atoms with Crippen LogP contribution in [0, 0.1) is 5.41 Å². The van der Waals surface area contributed by atoms with Crippen molar-refractivity contribution in [1.29, 1.82) is 0 Å². The average Bonchev–Trinajstić information content (AvgIpc) is 2.98. The summed E-state index contributed by atoms with van der Waals surface area (Å²) in [5.41, 5.74) is 2.87. The highest BCUT2D eigenvalue weighted by Gasteiger charge is 2.32. The molecule has 1 heterocycles. The molecule has 1 N–H and O–H groups in total. The molecule has 1 aromatic carbocycles. The zero-order valence-electron chi connectivity index (χ0n) is 13.7. The fourth-order valence-corrected chi connectivity index (χ4v) is 3.84. The summed E-state index contributed by atoms with van der Waals surface area (Å²) in [4.78, 5) is 0. The Morgan fingerprint density at radius 2 is 2.10 bits per heavy atom. The van der Waals surface area contributed by atoms with E-state index in [2.05, 4.69) is 51.2 Å². The molecule has 0 bridgehead atoms. The second-order valence-corrected chi connectivity index (χ2v) is 7.29. The predicted octanol–water partition coefficient (Wildman–Crippen LogP) is 5.22. The van der Waals surface area contributed by atoms with Gasteiger partial charge in [0.2, 0.25) is 0 Å². The SMILES string of the molecule is CCc1c(C(C)NC2CCC(C)(C)C2)oc2ccccc12. The highest BCUT2D eigenvalue weighted by molar-refractivity contribution is 5.82. The van der Waals surface area contributed by atoms with Gasteiger partial charge in [-0.25, -0.2) is 0 Å². The van der Waals surface area contributed by atoms with E-state index < -0.39 is 0 Å². The minimum Gasteiger partial charge on any atom is -0.459 e. The van der Waals surface area contributed by atoms with Gasteiger partial charge in [0.25, 0.3) is 0 Å². The molecule has 0 amide bonds. The number of benzene rings is 1. The Bertz CT molecular complexity index is 626. The molecular formula is C19H27NO. The van der Waals surface area contributed by atoms with E-state index in [9.17, 15) is 0 Å². The third-order valence-corrected chi connectivity index (χ3v) is 4.93. The first-order valence-electron chi connectivity index (χ1n) is 8.26. The fraction of sp³-hybridized carbons (Fsp3) is 0.579. The molecule has 21 heavy (non-hydrogen) atoms. The maximum Gasteiger partial charge on any atom is 0.134 e. The van der Waals surface area contributed by atoms with Gasteiger partial charge in [0.1, 0.15) is 11.3 Å². The predicted molar refractivity (Wildman–Crippen MR) is 88.6 cm³/mol. The van der Waals surface area contributed by atoms with Crippen LogP contribution < -0.4 is 5.32 Å². The molecule has 2 unspecified atom stereocenters. The number of rotatable bonds is 4. The third kappa shape index (κ3) is 2.87. The fourth-order valence-electron chi connectivity index (χ4n) is 3.84. The molecule has 2 nitrogen and oxygen atoms in total. The summed E-state index contributed by atoms with van der Waals surface area (Å²) in [6.45, 7) is 9.20. The Hall–Kier alpha value is -1.28. The Balaban J connectivity index is 1.83. The maximum absolute atomic E-state index is 6.15. The van der Waals surface area contributed by atoms with Crippen molar-refractivity contribution in [2.24, 2.45) is 5.41 Å². The van der Waals surface area contributed by atoms with Gasteiger partial charge in [-0.05, 0) is 44.1 Å². The highest BCUT2D eigenvalue weighted by Crippen LogP contribution is 2.38. The number of hydrogen-bond donors (Lipinski definition) is 1.